The van der Waals surface area contributed by atoms with Crippen molar-refractivity contribution in [2.45, 2.75) is 19.7 Å². The van der Waals surface area contributed by atoms with Crippen LogP contribution in [-0.4, -0.2) is 31.3 Å². The minimum Gasteiger partial charge on any atom is -0.406 e. The molecule has 116 valence electrons. The molecule has 0 radical (unpaired) electrons. The van der Waals surface area contributed by atoms with E-state index in [1.54, 1.807) is 0 Å². The second kappa shape index (κ2) is 7.51. The zero-order valence-electron chi connectivity index (χ0n) is 11.3. The first-order chi connectivity index (χ1) is 9.76. The van der Waals surface area contributed by atoms with Gasteiger partial charge in [0.1, 0.15) is 5.75 Å². The summed E-state index contributed by atoms with van der Waals surface area (Å²) in [5.74, 6) is -0.813. The van der Waals surface area contributed by atoms with Gasteiger partial charge in [-0.2, -0.15) is 0 Å². The van der Waals surface area contributed by atoms with Crippen molar-refractivity contribution in [1.29, 1.82) is 0 Å². The molecule has 0 unspecified atom stereocenters. The molecule has 1 aromatic rings. The van der Waals surface area contributed by atoms with Gasteiger partial charge in [0.15, 0.2) is 0 Å². The van der Waals surface area contributed by atoms with Crippen molar-refractivity contribution in [2.75, 3.05) is 13.1 Å². The standard InChI is InChI=1S/C13H15F3N2O3/c1-9(19)17-6-7-18-12(20)8-10-2-4-11(5-3-10)21-13(14,15)16/h2-5H,6-8H2,1H3,(H,17,19)(H,18,20). The Morgan fingerprint density at radius 3 is 2.19 bits per heavy atom. The van der Waals surface area contributed by atoms with Crippen molar-refractivity contribution >= 4 is 11.8 Å². The van der Waals surface area contributed by atoms with Crippen LogP contribution in [0.2, 0.25) is 0 Å². The molecule has 0 saturated carbocycles. The molecule has 0 aliphatic heterocycles. The Balaban J connectivity index is 2.37. The Hall–Kier alpha value is -2.25. The second-order valence-electron chi connectivity index (χ2n) is 4.20. The molecule has 1 rings (SSSR count). The molecule has 1 aromatic carbocycles. The molecule has 8 heteroatoms. The van der Waals surface area contributed by atoms with Gasteiger partial charge in [0, 0.05) is 20.0 Å². The van der Waals surface area contributed by atoms with E-state index >= 15 is 0 Å². The van der Waals surface area contributed by atoms with E-state index in [-0.39, 0.29) is 30.5 Å². The van der Waals surface area contributed by atoms with Crippen LogP contribution in [0.15, 0.2) is 24.3 Å². The van der Waals surface area contributed by atoms with Gasteiger partial charge in [-0.25, -0.2) is 0 Å². The minimum atomic E-state index is -4.73. The Morgan fingerprint density at radius 2 is 1.67 bits per heavy atom. The van der Waals surface area contributed by atoms with E-state index in [9.17, 15) is 22.8 Å². The summed E-state index contributed by atoms with van der Waals surface area (Å²) in [6.07, 6.45) is -4.70. The summed E-state index contributed by atoms with van der Waals surface area (Å²) in [6, 6.07) is 5.06. The third-order valence-electron chi connectivity index (χ3n) is 2.34. The third-order valence-corrected chi connectivity index (χ3v) is 2.34. The fourth-order valence-electron chi connectivity index (χ4n) is 1.50. The van der Waals surface area contributed by atoms with Gasteiger partial charge in [0.25, 0.3) is 0 Å². The maximum Gasteiger partial charge on any atom is 0.573 e. The van der Waals surface area contributed by atoms with E-state index < -0.39 is 6.36 Å². The predicted octanol–water partition coefficient (Wildman–Crippen LogP) is 1.38. The van der Waals surface area contributed by atoms with E-state index in [0.717, 1.165) is 12.1 Å². The lowest BCUT2D eigenvalue weighted by atomic mass is 10.1. The van der Waals surface area contributed by atoms with Crippen LogP contribution < -0.4 is 15.4 Å². The molecule has 2 N–H and O–H groups in total. The molecule has 0 heterocycles. The van der Waals surface area contributed by atoms with Crippen molar-refractivity contribution in [3.8, 4) is 5.75 Å². The number of carbonyl (C=O) groups excluding carboxylic acids is 2. The van der Waals surface area contributed by atoms with Crippen LogP contribution in [0.4, 0.5) is 13.2 Å². The molecule has 0 aliphatic rings. The maximum atomic E-state index is 12.0. The summed E-state index contributed by atoms with van der Waals surface area (Å²) < 4.78 is 39.6. The average Bonchev–Trinajstić information content (AvgIpc) is 2.35. The molecule has 0 fully saturated rings. The highest BCUT2D eigenvalue weighted by Gasteiger charge is 2.30. The Morgan fingerprint density at radius 1 is 1.10 bits per heavy atom. The van der Waals surface area contributed by atoms with Crippen LogP contribution in [0.25, 0.3) is 0 Å². The first kappa shape index (κ1) is 16.8. The lowest BCUT2D eigenvalue weighted by Gasteiger charge is -2.09. The summed E-state index contributed by atoms with van der Waals surface area (Å²) in [5, 5.41) is 5.09. The lowest BCUT2D eigenvalue weighted by Crippen LogP contribution is -2.34. The number of rotatable bonds is 6. The van der Waals surface area contributed by atoms with E-state index in [1.807, 2.05) is 0 Å². The SMILES string of the molecule is CC(=O)NCCNC(=O)Cc1ccc(OC(F)(F)F)cc1. The highest BCUT2D eigenvalue weighted by atomic mass is 19.4. The molecule has 0 saturated heterocycles. The number of ether oxygens (including phenoxy) is 1. The monoisotopic (exact) mass is 304 g/mol. The lowest BCUT2D eigenvalue weighted by molar-refractivity contribution is -0.274. The van der Waals surface area contributed by atoms with Gasteiger partial charge in [-0.1, -0.05) is 12.1 Å². The fourth-order valence-corrected chi connectivity index (χ4v) is 1.50. The first-order valence-corrected chi connectivity index (χ1v) is 6.12. The summed E-state index contributed by atoms with van der Waals surface area (Å²) in [4.78, 5) is 22.1. The summed E-state index contributed by atoms with van der Waals surface area (Å²) in [7, 11) is 0. The fraction of sp³-hybridized carbons (Fsp3) is 0.385. The number of halogens is 3. The molecule has 0 atom stereocenters. The number of carbonyl (C=O) groups is 2. The molecule has 5 nitrogen and oxygen atoms in total. The van der Waals surface area contributed by atoms with Gasteiger partial charge in [-0.15, -0.1) is 13.2 Å². The number of hydrogen-bond acceptors (Lipinski definition) is 3. The van der Waals surface area contributed by atoms with Gasteiger partial charge in [-0.05, 0) is 17.7 Å². The maximum absolute atomic E-state index is 12.0. The molecule has 0 spiro atoms. The summed E-state index contributed by atoms with van der Waals surface area (Å²) in [6.45, 7) is 1.97. The topological polar surface area (TPSA) is 67.4 Å². The number of hydrogen-bond donors (Lipinski definition) is 2. The van der Waals surface area contributed by atoms with Crippen molar-refractivity contribution in [3.05, 3.63) is 29.8 Å². The van der Waals surface area contributed by atoms with E-state index in [2.05, 4.69) is 15.4 Å². The highest BCUT2D eigenvalue weighted by molar-refractivity contribution is 5.78. The normalized spacial score (nSPS) is 10.9. The molecular formula is C13H15F3N2O3. The van der Waals surface area contributed by atoms with E-state index in [0.29, 0.717) is 12.1 Å². The minimum absolute atomic E-state index is 0.0341. The number of alkyl halides is 3. The molecule has 21 heavy (non-hydrogen) atoms. The quantitative estimate of drug-likeness (QED) is 0.780. The first-order valence-electron chi connectivity index (χ1n) is 6.12. The van der Waals surface area contributed by atoms with E-state index in [1.165, 1.54) is 19.1 Å². The van der Waals surface area contributed by atoms with Gasteiger partial charge < -0.3 is 15.4 Å². The van der Waals surface area contributed by atoms with Crippen LogP contribution in [-0.2, 0) is 16.0 Å². The van der Waals surface area contributed by atoms with Crippen LogP contribution >= 0.6 is 0 Å². The molecule has 0 bridgehead atoms. The highest BCUT2D eigenvalue weighted by Crippen LogP contribution is 2.22. The zero-order valence-corrected chi connectivity index (χ0v) is 11.3. The predicted molar refractivity (Wildman–Crippen MR) is 68.5 cm³/mol. The van der Waals surface area contributed by atoms with Gasteiger partial charge in [0.05, 0.1) is 6.42 Å². The summed E-state index contributed by atoms with van der Waals surface area (Å²) >= 11 is 0. The van der Waals surface area contributed by atoms with Crippen LogP contribution in [0.5, 0.6) is 5.75 Å². The van der Waals surface area contributed by atoms with Crippen molar-refractivity contribution < 1.29 is 27.5 Å². The number of benzene rings is 1. The largest absolute Gasteiger partial charge is 0.573 e. The van der Waals surface area contributed by atoms with Crippen molar-refractivity contribution in [1.82, 2.24) is 10.6 Å². The van der Waals surface area contributed by atoms with Gasteiger partial charge in [0.2, 0.25) is 11.8 Å². The van der Waals surface area contributed by atoms with Gasteiger partial charge in [-0.3, -0.25) is 9.59 Å². The molecular weight excluding hydrogens is 289 g/mol. The van der Waals surface area contributed by atoms with Crippen LogP contribution in [0.3, 0.4) is 0 Å². The zero-order chi connectivity index (χ0) is 15.9. The summed E-state index contributed by atoms with van der Waals surface area (Å²) in [5.41, 5.74) is 0.557. The molecule has 0 aliphatic carbocycles. The number of nitrogens with one attached hydrogen (secondary N) is 2. The van der Waals surface area contributed by atoms with Crippen molar-refractivity contribution in [3.63, 3.8) is 0 Å². The Kier molecular flexibility index (Phi) is 6.01. The second-order valence-corrected chi connectivity index (χ2v) is 4.20. The smallest absolute Gasteiger partial charge is 0.406 e. The van der Waals surface area contributed by atoms with Crippen molar-refractivity contribution in [2.24, 2.45) is 0 Å². The van der Waals surface area contributed by atoms with Crippen LogP contribution in [0.1, 0.15) is 12.5 Å². The number of amides is 2. The Bertz CT molecular complexity index is 486. The van der Waals surface area contributed by atoms with Crippen LogP contribution in [0, 0.1) is 0 Å². The molecule has 2 amide bonds. The molecule has 0 aromatic heterocycles. The average molecular weight is 304 g/mol. The van der Waals surface area contributed by atoms with E-state index in [4.69, 9.17) is 0 Å². The third kappa shape index (κ3) is 7.81. The Labute approximate surface area is 119 Å². The van der Waals surface area contributed by atoms with Gasteiger partial charge >= 0.3 is 6.36 Å².